The Bertz CT molecular complexity index is 1130. The summed E-state index contributed by atoms with van der Waals surface area (Å²) in [5, 5.41) is 10.8. The molecule has 1 aromatic heterocycles. The second-order valence-corrected chi connectivity index (χ2v) is 9.08. The molecule has 0 fully saturated rings. The highest BCUT2D eigenvalue weighted by Crippen LogP contribution is 2.38. The lowest BCUT2D eigenvalue weighted by atomic mass is 10.1. The van der Waals surface area contributed by atoms with Crippen LogP contribution in [0.15, 0.2) is 56.8 Å². The second kappa shape index (κ2) is 7.15. The average molecular weight is 461 g/mol. The van der Waals surface area contributed by atoms with Gasteiger partial charge in [-0.25, -0.2) is 0 Å². The van der Waals surface area contributed by atoms with Crippen molar-refractivity contribution in [1.82, 2.24) is 4.57 Å². The molecule has 0 atom stereocenters. The molecule has 0 saturated carbocycles. The van der Waals surface area contributed by atoms with Gasteiger partial charge in [0.15, 0.2) is 3.95 Å². The van der Waals surface area contributed by atoms with E-state index in [4.69, 9.17) is 12.2 Å². The van der Waals surface area contributed by atoms with E-state index in [-0.39, 0.29) is 5.88 Å². The number of benzene rings is 2. The van der Waals surface area contributed by atoms with Crippen LogP contribution in [0.1, 0.15) is 10.4 Å². The van der Waals surface area contributed by atoms with E-state index >= 15 is 0 Å². The van der Waals surface area contributed by atoms with Crippen LogP contribution in [0, 0.1) is 3.95 Å². The Morgan fingerprint density at radius 2 is 2.12 bits per heavy atom. The fourth-order valence-electron chi connectivity index (χ4n) is 2.77. The molecule has 1 aliphatic rings. The minimum absolute atomic E-state index is 0.155. The van der Waals surface area contributed by atoms with Crippen molar-refractivity contribution in [1.29, 1.82) is 0 Å². The number of nitrogens with zero attached hydrogens (tertiary/aromatic N) is 2. The van der Waals surface area contributed by atoms with E-state index in [0.717, 1.165) is 36.8 Å². The largest absolute Gasteiger partial charge is 0.493 e. The van der Waals surface area contributed by atoms with Gasteiger partial charge in [-0.3, -0.25) is 9.56 Å². The van der Waals surface area contributed by atoms with E-state index in [1.165, 1.54) is 11.3 Å². The van der Waals surface area contributed by atoms with Crippen molar-refractivity contribution in [2.45, 2.75) is 4.90 Å². The molecule has 130 valence electrons. The zero-order chi connectivity index (χ0) is 18.3. The normalized spacial score (nSPS) is 14.2. The summed E-state index contributed by atoms with van der Waals surface area (Å²) in [5.41, 5.74) is 3.78. The van der Waals surface area contributed by atoms with Crippen molar-refractivity contribution < 1.29 is 5.11 Å². The molecule has 1 N–H and O–H groups in total. The van der Waals surface area contributed by atoms with Crippen LogP contribution < -0.4 is 0 Å². The number of thioether (sulfide) groups is 1. The highest BCUT2D eigenvalue weighted by molar-refractivity contribution is 9.10. The number of thiazole rings is 1. The summed E-state index contributed by atoms with van der Waals surface area (Å²) >= 11 is 12.0. The van der Waals surface area contributed by atoms with E-state index in [1.807, 2.05) is 61.0 Å². The lowest BCUT2D eigenvalue weighted by Gasteiger charge is -2.06. The van der Waals surface area contributed by atoms with Gasteiger partial charge in [-0.1, -0.05) is 22.0 Å². The first-order valence-electron chi connectivity index (χ1n) is 7.72. The Balaban J connectivity index is 1.80. The van der Waals surface area contributed by atoms with Crippen LogP contribution in [0.25, 0.3) is 17.3 Å². The zero-order valence-corrected chi connectivity index (χ0v) is 17.7. The molecule has 26 heavy (non-hydrogen) atoms. The quantitative estimate of drug-likeness (QED) is 0.348. The Morgan fingerprint density at radius 3 is 2.92 bits per heavy atom. The lowest BCUT2D eigenvalue weighted by molar-refractivity contribution is 0.441. The second-order valence-electron chi connectivity index (χ2n) is 5.61. The van der Waals surface area contributed by atoms with Crippen molar-refractivity contribution >= 4 is 74.8 Å². The monoisotopic (exact) mass is 460 g/mol. The van der Waals surface area contributed by atoms with E-state index in [1.54, 1.807) is 16.3 Å². The van der Waals surface area contributed by atoms with Gasteiger partial charge in [0.1, 0.15) is 0 Å². The number of aliphatic imine (C=N–C) groups is 1. The summed E-state index contributed by atoms with van der Waals surface area (Å²) in [6.45, 7) is 0. The summed E-state index contributed by atoms with van der Waals surface area (Å²) in [5.74, 6) is 0.155. The predicted octanol–water partition coefficient (Wildman–Crippen LogP) is 6.71. The predicted molar refractivity (Wildman–Crippen MR) is 118 cm³/mol. The maximum Gasteiger partial charge on any atom is 0.215 e. The molecule has 0 bridgehead atoms. The van der Waals surface area contributed by atoms with Gasteiger partial charge >= 0.3 is 0 Å². The van der Waals surface area contributed by atoms with Gasteiger partial charge in [0, 0.05) is 26.7 Å². The third-order valence-electron chi connectivity index (χ3n) is 4.02. The maximum absolute atomic E-state index is 10.8. The Hall–Kier alpha value is -1.67. The van der Waals surface area contributed by atoms with Crippen LogP contribution >= 0.6 is 51.2 Å². The van der Waals surface area contributed by atoms with E-state index in [0.29, 0.717) is 3.95 Å². The van der Waals surface area contributed by atoms with Crippen LogP contribution in [0.5, 0.6) is 5.88 Å². The number of allylic oxidation sites excluding steroid dienone is 1. The van der Waals surface area contributed by atoms with E-state index in [2.05, 4.69) is 20.9 Å². The minimum atomic E-state index is 0.155. The van der Waals surface area contributed by atoms with Crippen LogP contribution in [-0.4, -0.2) is 22.1 Å². The number of rotatable bonds is 3. The third-order valence-corrected chi connectivity index (χ3v) is 6.55. The molecule has 0 saturated heterocycles. The highest BCUT2D eigenvalue weighted by Gasteiger charge is 2.17. The molecule has 0 aliphatic carbocycles. The smallest absolute Gasteiger partial charge is 0.215 e. The molecule has 1 aliphatic heterocycles. The maximum atomic E-state index is 10.8. The SMILES string of the molecule is CSc1cccc(-n2c(O)c(C=C3C=Nc4ccc(Br)cc43)sc2=S)c1. The molecule has 3 aromatic rings. The summed E-state index contributed by atoms with van der Waals surface area (Å²) in [6.07, 6.45) is 5.78. The standard InChI is InChI=1S/C19H13BrN2OS3/c1-25-14-4-2-3-13(9-14)22-18(23)17(26-19(22)24)7-11-10-21-16-6-5-12(20)8-15(11)16/h2-10,23H,1H3. The molecule has 0 radical (unpaired) electrons. The van der Waals surface area contributed by atoms with Gasteiger partial charge in [0.25, 0.3) is 0 Å². The molecule has 3 nitrogen and oxygen atoms in total. The van der Waals surface area contributed by atoms with Crippen molar-refractivity contribution in [3.63, 3.8) is 0 Å². The van der Waals surface area contributed by atoms with Crippen LogP contribution in [0.3, 0.4) is 0 Å². The molecule has 4 rings (SSSR count). The Morgan fingerprint density at radius 1 is 1.27 bits per heavy atom. The molecular weight excluding hydrogens is 448 g/mol. The highest BCUT2D eigenvalue weighted by atomic mass is 79.9. The zero-order valence-electron chi connectivity index (χ0n) is 13.6. The van der Waals surface area contributed by atoms with Crippen molar-refractivity contribution in [2.75, 3.05) is 6.26 Å². The minimum Gasteiger partial charge on any atom is -0.493 e. The molecule has 0 amide bonds. The molecule has 2 aromatic carbocycles. The first kappa shape index (κ1) is 17.7. The Labute approximate surface area is 172 Å². The number of aromatic nitrogens is 1. The van der Waals surface area contributed by atoms with Gasteiger partial charge in [-0.05, 0) is 60.9 Å². The topological polar surface area (TPSA) is 37.5 Å². The fourth-order valence-corrected chi connectivity index (χ4v) is 4.89. The summed E-state index contributed by atoms with van der Waals surface area (Å²) in [4.78, 5) is 6.27. The number of fused-ring (bicyclic) bond motifs is 1. The Kier molecular flexibility index (Phi) is 4.88. The van der Waals surface area contributed by atoms with Crippen molar-refractivity contribution in [3.05, 3.63) is 61.3 Å². The number of hydrogen-bond donors (Lipinski definition) is 1. The molecular formula is C19H13BrN2OS3. The third kappa shape index (κ3) is 3.20. The molecule has 2 heterocycles. The van der Waals surface area contributed by atoms with Crippen LogP contribution in [-0.2, 0) is 0 Å². The first-order valence-corrected chi connectivity index (χ1v) is 11.0. The number of halogens is 1. The number of hydrogen-bond acceptors (Lipinski definition) is 5. The van der Waals surface area contributed by atoms with E-state index in [9.17, 15) is 5.11 Å². The average Bonchev–Trinajstić information content (AvgIpc) is 3.15. The molecule has 0 unspecified atom stereocenters. The van der Waals surface area contributed by atoms with Crippen molar-refractivity contribution in [2.24, 2.45) is 4.99 Å². The van der Waals surface area contributed by atoms with E-state index < -0.39 is 0 Å². The van der Waals surface area contributed by atoms with Gasteiger partial charge in [-0.2, -0.15) is 0 Å². The lowest BCUT2D eigenvalue weighted by Crippen LogP contribution is -1.93. The van der Waals surface area contributed by atoms with Gasteiger partial charge < -0.3 is 5.11 Å². The number of aromatic hydroxyl groups is 1. The van der Waals surface area contributed by atoms with Gasteiger partial charge in [-0.15, -0.1) is 23.1 Å². The summed E-state index contributed by atoms with van der Waals surface area (Å²) in [6, 6.07) is 13.9. The van der Waals surface area contributed by atoms with Gasteiger partial charge in [0.2, 0.25) is 5.88 Å². The van der Waals surface area contributed by atoms with Crippen LogP contribution in [0.2, 0.25) is 0 Å². The first-order chi connectivity index (χ1) is 12.6. The van der Waals surface area contributed by atoms with Crippen LogP contribution in [0.4, 0.5) is 5.69 Å². The van der Waals surface area contributed by atoms with Crippen molar-refractivity contribution in [3.8, 4) is 11.6 Å². The summed E-state index contributed by atoms with van der Waals surface area (Å²) in [7, 11) is 0. The molecule has 7 heteroatoms. The van der Waals surface area contributed by atoms with Gasteiger partial charge in [0.05, 0.1) is 16.3 Å². The molecule has 0 spiro atoms. The fraction of sp³-hybridized carbons (Fsp3) is 0.0526. The summed E-state index contributed by atoms with van der Waals surface area (Å²) < 4.78 is 3.31.